The molecular weight excluding hydrogens is 330 g/mol. The van der Waals surface area contributed by atoms with Gasteiger partial charge in [-0.3, -0.25) is 4.79 Å². The highest BCUT2D eigenvalue weighted by Gasteiger charge is 2.31. The first-order valence-corrected chi connectivity index (χ1v) is 7.82. The SMILES string of the molecule is COC(=O)c1ccc(CN2C(=O)C(C)Oc3ccc(Cl)cc32)cc1. The second kappa shape index (κ2) is 6.53. The Morgan fingerprint density at radius 1 is 1.25 bits per heavy atom. The van der Waals surface area contributed by atoms with E-state index in [1.165, 1.54) is 7.11 Å². The summed E-state index contributed by atoms with van der Waals surface area (Å²) in [5.74, 6) is 0.0919. The number of hydrogen-bond donors (Lipinski definition) is 0. The van der Waals surface area contributed by atoms with Crippen molar-refractivity contribution in [3.05, 3.63) is 58.6 Å². The predicted octanol–water partition coefficient (Wildman–Crippen LogP) is 3.44. The molecular formula is C18H16ClNO4. The Labute approximate surface area is 144 Å². The van der Waals surface area contributed by atoms with Crippen LogP contribution < -0.4 is 9.64 Å². The van der Waals surface area contributed by atoms with Crippen molar-refractivity contribution in [1.82, 2.24) is 0 Å². The van der Waals surface area contributed by atoms with Crippen molar-refractivity contribution in [2.24, 2.45) is 0 Å². The zero-order valence-corrected chi connectivity index (χ0v) is 14.0. The second-order valence-electron chi connectivity index (χ2n) is 5.49. The lowest BCUT2D eigenvalue weighted by Gasteiger charge is -2.33. The maximum Gasteiger partial charge on any atom is 0.337 e. The summed E-state index contributed by atoms with van der Waals surface area (Å²) < 4.78 is 10.3. The highest BCUT2D eigenvalue weighted by molar-refractivity contribution is 6.31. The highest BCUT2D eigenvalue weighted by atomic mass is 35.5. The molecule has 3 rings (SSSR count). The first-order valence-electron chi connectivity index (χ1n) is 7.44. The Bertz CT molecular complexity index is 788. The second-order valence-corrected chi connectivity index (χ2v) is 5.92. The first kappa shape index (κ1) is 16.3. The molecule has 1 aliphatic heterocycles. The Balaban J connectivity index is 1.90. The molecule has 0 fully saturated rings. The molecule has 1 unspecified atom stereocenters. The van der Waals surface area contributed by atoms with Gasteiger partial charge >= 0.3 is 5.97 Å². The minimum absolute atomic E-state index is 0.137. The molecule has 0 aromatic heterocycles. The molecule has 1 atom stereocenters. The third-order valence-corrected chi connectivity index (χ3v) is 4.08. The smallest absolute Gasteiger partial charge is 0.337 e. The van der Waals surface area contributed by atoms with E-state index in [4.69, 9.17) is 16.3 Å². The van der Waals surface area contributed by atoms with Gasteiger partial charge in [-0.25, -0.2) is 4.79 Å². The lowest BCUT2D eigenvalue weighted by atomic mass is 10.1. The minimum atomic E-state index is -0.562. The third-order valence-electron chi connectivity index (χ3n) is 3.85. The molecule has 1 aliphatic rings. The van der Waals surface area contributed by atoms with Gasteiger partial charge in [0, 0.05) is 5.02 Å². The van der Waals surface area contributed by atoms with Crippen LogP contribution in [0.25, 0.3) is 0 Å². The van der Waals surface area contributed by atoms with E-state index >= 15 is 0 Å². The Morgan fingerprint density at radius 3 is 2.62 bits per heavy atom. The van der Waals surface area contributed by atoms with Crippen LogP contribution in [0.1, 0.15) is 22.8 Å². The number of anilines is 1. The first-order chi connectivity index (χ1) is 11.5. The van der Waals surface area contributed by atoms with Crippen LogP contribution in [-0.4, -0.2) is 25.1 Å². The molecule has 6 heteroatoms. The largest absolute Gasteiger partial charge is 0.479 e. The van der Waals surface area contributed by atoms with Crippen LogP contribution in [0.15, 0.2) is 42.5 Å². The van der Waals surface area contributed by atoms with E-state index in [0.717, 1.165) is 5.56 Å². The highest BCUT2D eigenvalue weighted by Crippen LogP contribution is 2.37. The quantitative estimate of drug-likeness (QED) is 0.800. The molecule has 24 heavy (non-hydrogen) atoms. The summed E-state index contributed by atoms with van der Waals surface area (Å²) >= 11 is 6.06. The number of carbonyl (C=O) groups is 2. The van der Waals surface area contributed by atoms with Crippen LogP contribution in [0.2, 0.25) is 5.02 Å². The maximum absolute atomic E-state index is 12.5. The standard InChI is InChI=1S/C18H16ClNO4/c1-11-17(21)20(15-9-14(19)7-8-16(15)24-11)10-12-3-5-13(6-4-12)18(22)23-2/h3-9,11H,10H2,1-2H3. The van der Waals surface area contributed by atoms with Crippen molar-refractivity contribution < 1.29 is 19.1 Å². The molecule has 2 aromatic rings. The molecule has 0 saturated heterocycles. The Kier molecular flexibility index (Phi) is 4.44. The summed E-state index contributed by atoms with van der Waals surface area (Å²) in [5, 5.41) is 0.533. The van der Waals surface area contributed by atoms with Crippen LogP contribution in [0.5, 0.6) is 5.75 Å². The van der Waals surface area contributed by atoms with E-state index in [-0.39, 0.29) is 5.91 Å². The number of methoxy groups -OCH3 is 1. The molecule has 1 amide bonds. The number of nitrogens with zero attached hydrogens (tertiary/aromatic N) is 1. The van der Waals surface area contributed by atoms with E-state index in [2.05, 4.69) is 4.74 Å². The molecule has 1 heterocycles. The minimum Gasteiger partial charge on any atom is -0.479 e. The topological polar surface area (TPSA) is 55.8 Å². The molecule has 5 nitrogen and oxygen atoms in total. The fraction of sp³-hybridized carbons (Fsp3) is 0.222. The van der Waals surface area contributed by atoms with Crippen LogP contribution in [-0.2, 0) is 16.1 Å². The number of amides is 1. The molecule has 2 aromatic carbocycles. The van der Waals surface area contributed by atoms with E-state index in [0.29, 0.717) is 28.6 Å². The average Bonchev–Trinajstić information content (AvgIpc) is 2.59. The number of carbonyl (C=O) groups excluding carboxylic acids is 2. The fourth-order valence-corrected chi connectivity index (χ4v) is 2.76. The van der Waals surface area contributed by atoms with Gasteiger partial charge in [-0.2, -0.15) is 0 Å². The van der Waals surface area contributed by atoms with Crippen molar-refractivity contribution in [2.45, 2.75) is 19.6 Å². The van der Waals surface area contributed by atoms with Gasteiger partial charge in [0.15, 0.2) is 6.10 Å². The lowest BCUT2D eigenvalue weighted by molar-refractivity contribution is -0.125. The molecule has 0 radical (unpaired) electrons. The lowest BCUT2D eigenvalue weighted by Crippen LogP contribution is -2.44. The van der Waals surface area contributed by atoms with Crippen molar-refractivity contribution >= 4 is 29.2 Å². The number of ether oxygens (including phenoxy) is 2. The molecule has 0 aliphatic carbocycles. The third kappa shape index (κ3) is 3.08. The predicted molar refractivity (Wildman–Crippen MR) is 90.5 cm³/mol. The van der Waals surface area contributed by atoms with Crippen LogP contribution >= 0.6 is 11.6 Å². The summed E-state index contributed by atoms with van der Waals surface area (Å²) in [6.45, 7) is 2.08. The van der Waals surface area contributed by atoms with E-state index in [9.17, 15) is 9.59 Å². The average molecular weight is 346 g/mol. The van der Waals surface area contributed by atoms with Gasteiger partial charge in [-0.1, -0.05) is 23.7 Å². The number of rotatable bonds is 3. The molecule has 0 bridgehead atoms. The molecule has 0 spiro atoms. The van der Waals surface area contributed by atoms with Gasteiger partial charge in [0.05, 0.1) is 24.9 Å². The summed E-state index contributed by atoms with van der Waals surface area (Å²) in [7, 11) is 1.34. The van der Waals surface area contributed by atoms with Gasteiger partial charge in [0.25, 0.3) is 5.91 Å². The Morgan fingerprint density at radius 2 is 1.96 bits per heavy atom. The van der Waals surface area contributed by atoms with E-state index < -0.39 is 12.1 Å². The summed E-state index contributed by atoms with van der Waals surface area (Å²) in [5.41, 5.74) is 1.99. The van der Waals surface area contributed by atoms with E-state index in [1.54, 1.807) is 54.3 Å². The Hall–Kier alpha value is -2.53. The van der Waals surface area contributed by atoms with Gasteiger partial charge in [0.2, 0.25) is 0 Å². The van der Waals surface area contributed by atoms with E-state index in [1.807, 2.05) is 0 Å². The fourth-order valence-electron chi connectivity index (χ4n) is 2.59. The monoisotopic (exact) mass is 345 g/mol. The van der Waals surface area contributed by atoms with Crippen molar-refractivity contribution in [2.75, 3.05) is 12.0 Å². The maximum atomic E-state index is 12.5. The van der Waals surface area contributed by atoms with Gasteiger partial charge in [-0.05, 0) is 42.8 Å². The van der Waals surface area contributed by atoms with Crippen LogP contribution in [0.4, 0.5) is 5.69 Å². The van der Waals surface area contributed by atoms with Crippen molar-refractivity contribution in [3.8, 4) is 5.75 Å². The number of halogens is 1. The van der Waals surface area contributed by atoms with Gasteiger partial charge < -0.3 is 14.4 Å². The molecule has 0 N–H and O–H groups in total. The zero-order chi connectivity index (χ0) is 17.3. The van der Waals surface area contributed by atoms with Crippen LogP contribution in [0.3, 0.4) is 0 Å². The van der Waals surface area contributed by atoms with Crippen molar-refractivity contribution in [1.29, 1.82) is 0 Å². The molecule has 124 valence electrons. The number of esters is 1. The van der Waals surface area contributed by atoms with Crippen molar-refractivity contribution in [3.63, 3.8) is 0 Å². The summed E-state index contributed by atoms with van der Waals surface area (Å²) in [6.07, 6.45) is -0.562. The number of fused-ring (bicyclic) bond motifs is 1. The zero-order valence-electron chi connectivity index (χ0n) is 13.3. The normalized spacial score (nSPS) is 16.4. The summed E-state index contributed by atoms with van der Waals surface area (Å²) in [6, 6.07) is 12.1. The number of hydrogen-bond acceptors (Lipinski definition) is 4. The number of benzene rings is 2. The van der Waals surface area contributed by atoms with Crippen LogP contribution in [0, 0.1) is 0 Å². The summed E-state index contributed by atoms with van der Waals surface area (Å²) in [4.78, 5) is 25.6. The molecule has 0 saturated carbocycles. The van der Waals surface area contributed by atoms with Gasteiger partial charge in [-0.15, -0.1) is 0 Å². The van der Waals surface area contributed by atoms with Gasteiger partial charge in [0.1, 0.15) is 5.75 Å².